The van der Waals surface area contributed by atoms with Crippen LogP contribution < -0.4 is 0 Å². The number of pyridine rings is 1. The van der Waals surface area contributed by atoms with Crippen LogP contribution in [0.3, 0.4) is 0 Å². The molecule has 0 radical (unpaired) electrons. The van der Waals surface area contributed by atoms with Crippen LogP contribution in [0.1, 0.15) is 19.0 Å². The van der Waals surface area contributed by atoms with Crippen molar-refractivity contribution in [2.24, 2.45) is 11.8 Å². The highest BCUT2D eigenvalue weighted by Crippen LogP contribution is 2.39. The molecule has 5 nitrogen and oxygen atoms in total. The number of rotatable bonds is 3. The molecule has 2 atom stereocenters. The van der Waals surface area contributed by atoms with E-state index in [0.29, 0.717) is 22.8 Å². The maximum absolute atomic E-state index is 12.3. The summed E-state index contributed by atoms with van der Waals surface area (Å²) in [6, 6.07) is 3.79. The molecule has 1 saturated carbocycles. The van der Waals surface area contributed by atoms with Gasteiger partial charge in [-0.3, -0.25) is 9.69 Å². The van der Waals surface area contributed by atoms with Crippen molar-refractivity contribution in [3.63, 3.8) is 0 Å². The van der Waals surface area contributed by atoms with Gasteiger partial charge in [-0.15, -0.1) is 0 Å². The third kappa shape index (κ3) is 3.08. The predicted octanol–water partition coefficient (Wildman–Crippen LogP) is 2.29. The summed E-state index contributed by atoms with van der Waals surface area (Å²) in [5.74, 6) is 1.24. The molecule has 0 spiro atoms. The first-order valence-electron chi connectivity index (χ1n) is 8.24. The van der Waals surface area contributed by atoms with Gasteiger partial charge in [-0.25, -0.2) is 4.98 Å². The molecule has 2 fully saturated rings. The fraction of sp³-hybridized carbons (Fsp3) is 0.529. The van der Waals surface area contributed by atoms with Gasteiger partial charge in [-0.2, -0.15) is 0 Å². The number of halogens is 1. The lowest BCUT2D eigenvalue weighted by Gasteiger charge is -2.34. The van der Waals surface area contributed by atoms with Gasteiger partial charge in [0.2, 0.25) is 5.91 Å². The van der Waals surface area contributed by atoms with Crippen LogP contribution in [0, 0.1) is 11.8 Å². The van der Waals surface area contributed by atoms with Gasteiger partial charge in [-0.1, -0.05) is 18.5 Å². The summed E-state index contributed by atoms with van der Waals surface area (Å²) in [6.07, 6.45) is 4.98. The fourth-order valence-electron chi connectivity index (χ4n) is 3.35. The molecular formula is C17H21ClN4O. The Bertz CT molecular complexity index is 735. The largest absolute Gasteiger partial charge is 0.340 e. The van der Waals surface area contributed by atoms with Crippen LogP contribution in [0.15, 0.2) is 24.5 Å². The summed E-state index contributed by atoms with van der Waals surface area (Å²) in [4.78, 5) is 21.3. The summed E-state index contributed by atoms with van der Waals surface area (Å²) >= 11 is 6.01. The van der Waals surface area contributed by atoms with Crippen molar-refractivity contribution in [3.05, 3.63) is 35.2 Å². The van der Waals surface area contributed by atoms with Gasteiger partial charge < -0.3 is 9.30 Å². The molecular weight excluding hydrogens is 312 g/mol. The Balaban J connectivity index is 1.36. The SMILES string of the molecule is C[C@@H]1C[C@@H]1C(=O)N1CCN(Cc2cn3cc(Cl)ccc3n2)CC1. The molecule has 1 aliphatic carbocycles. The zero-order valence-corrected chi connectivity index (χ0v) is 14.0. The van der Waals surface area contributed by atoms with Crippen LogP contribution in [-0.4, -0.2) is 51.3 Å². The smallest absolute Gasteiger partial charge is 0.226 e. The van der Waals surface area contributed by atoms with Crippen LogP contribution in [0.4, 0.5) is 0 Å². The van der Waals surface area contributed by atoms with Crippen molar-refractivity contribution in [1.29, 1.82) is 0 Å². The van der Waals surface area contributed by atoms with Gasteiger partial charge in [-0.05, 0) is 24.5 Å². The molecule has 23 heavy (non-hydrogen) atoms. The predicted molar refractivity (Wildman–Crippen MR) is 89.3 cm³/mol. The number of carbonyl (C=O) groups is 1. The first kappa shape index (κ1) is 15.0. The minimum Gasteiger partial charge on any atom is -0.340 e. The van der Waals surface area contributed by atoms with E-state index in [2.05, 4.69) is 16.8 Å². The Morgan fingerprint density at radius 3 is 2.70 bits per heavy atom. The van der Waals surface area contributed by atoms with Crippen molar-refractivity contribution >= 4 is 23.2 Å². The van der Waals surface area contributed by atoms with E-state index in [0.717, 1.165) is 50.5 Å². The number of fused-ring (bicyclic) bond motifs is 1. The van der Waals surface area contributed by atoms with Gasteiger partial charge in [0, 0.05) is 51.0 Å². The van der Waals surface area contributed by atoms with Gasteiger partial charge in [0.15, 0.2) is 0 Å². The van der Waals surface area contributed by atoms with Crippen molar-refractivity contribution in [2.45, 2.75) is 19.9 Å². The van der Waals surface area contributed by atoms with Crippen molar-refractivity contribution in [3.8, 4) is 0 Å². The summed E-state index contributed by atoms with van der Waals surface area (Å²) < 4.78 is 1.96. The Labute approximate surface area is 140 Å². The monoisotopic (exact) mass is 332 g/mol. The van der Waals surface area contributed by atoms with E-state index in [9.17, 15) is 4.79 Å². The number of carbonyl (C=O) groups excluding carboxylic acids is 1. The molecule has 0 unspecified atom stereocenters. The number of aromatic nitrogens is 2. The lowest BCUT2D eigenvalue weighted by Crippen LogP contribution is -2.48. The van der Waals surface area contributed by atoms with Gasteiger partial charge in [0.25, 0.3) is 0 Å². The molecule has 1 saturated heterocycles. The maximum Gasteiger partial charge on any atom is 0.226 e. The lowest BCUT2D eigenvalue weighted by atomic mass is 10.2. The van der Waals surface area contributed by atoms with E-state index in [4.69, 9.17) is 11.6 Å². The molecule has 122 valence electrons. The highest BCUT2D eigenvalue weighted by atomic mass is 35.5. The molecule has 2 aliphatic rings. The molecule has 6 heteroatoms. The highest BCUT2D eigenvalue weighted by molar-refractivity contribution is 6.30. The fourth-order valence-corrected chi connectivity index (χ4v) is 3.52. The second-order valence-corrected chi connectivity index (χ2v) is 7.20. The summed E-state index contributed by atoms with van der Waals surface area (Å²) in [5, 5.41) is 0.711. The number of amides is 1. The average molecular weight is 333 g/mol. The van der Waals surface area contributed by atoms with Gasteiger partial charge >= 0.3 is 0 Å². The van der Waals surface area contributed by atoms with E-state index < -0.39 is 0 Å². The van der Waals surface area contributed by atoms with Crippen LogP contribution in [0.5, 0.6) is 0 Å². The molecule has 0 aromatic carbocycles. The Hall–Kier alpha value is -1.59. The van der Waals surface area contributed by atoms with Crippen LogP contribution in [0.2, 0.25) is 5.02 Å². The standard InChI is InChI=1S/C17H21ClN4O/c1-12-8-15(12)17(23)21-6-4-20(5-7-21)10-14-11-22-9-13(18)2-3-16(22)19-14/h2-3,9,11-12,15H,4-8,10H2,1H3/t12-,15+/m1/s1. The van der Waals surface area contributed by atoms with Crippen LogP contribution >= 0.6 is 11.6 Å². The van der Waals surface area contributed by atoms with Crippen molar-refractivity contribution < 1.29 is 4.79 Å². The number of piperazine rings is 1. The Kier molecular flexibility index (Phi) is 3.77. The summed E-state index contributed by atoms with van der Waals surface area (Å²) in [7, 11) is 0. The summed E-state index contributed by atoms with van der Waals surface area (Å²) in [6.45, 7) is 6.49. The Morgan fingerprint density at radius 1 is 1.26 bits per heavy atom. The zero-order chi connectivity index (χ0) is 16.0. The number of nitrogens with zero attached hydrogens (tertiary/aromatic N) is 4. The second kappa shape index (κ2) is 5.80. The Morgan fingerprint density at radius 2 is 2.00 bits per heavy atom. The van der Waals surface area contributed by atoms with E-state index in [1.54, 1.807) is 0 Å². The molecule has 1 amide bonds. The van der Waals surface area contributed by atoms with E-state index in [1.807, 2.05) is 33.8 Å². The van der Waals surface area contributed by atoms with Crippen LogP contribution in [0.25, 0.3) is 5.65 Å². The molecule has 0 bridgehead atoms. The van der Waals surface area contributed by atoms with Crippen molar-refractivity contribution in [1.82, 2.24) is 19.2 Å². The summed E-state index contributed by atoms with van der Waals surface area (Å²) in [5.41, 5.74) is 1.96. The normalized spacial score (nSPS) is 25.0. The van der Waals surface area contributed by atoms with Crippen LogP contribution in [-0.2, 0) is 11.3 Å². The quantitative estimate of drug-likeness (QED) is 0.866. The average Bonchev–Trinajstić information content (AvgIpc) is 3.13. The van der Waals surface area contributed by atoms with Crippen molar-refractivity contribution in [2.75, 3.05) is 26.2 Å². The van der Waals surface area contributed by atoms with E-state index >= 15 is 0 Å². The zero-order valence-electron chi connectivity index (χ0n) is 13.3. The number of hydrogen-bond acceptors (Lipinski definition) is 3. The minimum absolute atomic E-state index is 0.296. The second-order valence-electron chi connectivity index (χ2n) is 6.77. The molecule has 4 rings (SSSR count). The van der Waals surface area contributed by atoms with Gasteiger partial charge in [0.1, 0.15) is 5.65 Å². The highest BCUT2D eigenvalue weighted by Gasteiger charge is 2.41. The number of hydrogen-bond donors (Lipinski definition) is 0. The van der Waals surface area contributed by atoms with E-state index in [1.165, 1.54) is 0 Å². The molecule has 2 aromatic rings. The number of imidazole rings is 1. The first-order chi connectivity index (χ1) is 11.1. The maximum atomic E-state index is 12.3. The molecule has 1 aliphatic heterocycles. The molecule has 0 N–H and O–H groups in total. The first-order valence-corrected chi connectivity index (χ1v) is 8.62. The van der Waals surface area contributed by atoms with E-state index in [-0.39, 0.29) is 0 Å². The molecule has 2 aromatic heterocycles. The molecule has 3 heterocycles. The topological polar surface area (TPSA) is 40.9 Å². The van der Waals surface area contributed by atoms with Gasteiger partial charge in [0.05, 0.1) is 10.7 Å². The third-order valence-corrected chi connectivity index (χ3v) is 5.18. The third-order valence-electron chi connectivity index (χ3n) is 4.96. The lowest BCUT2D eigenvalue weighted by molar-refractivity contribution is -0.134. The minimum atomic E-state index is 0.296.